The van der Waals surface area contributed by atoms with E-state index in [1.807, 2.05) is 36.7 Å². The summed E-state index contributed by atoms with van der Waals surface area (Å²) in [6.45, 7) is 3.07. The number of aliphatic hydroxyl groups is 1. The number of benzene rings is 2. The molecule has 0 saturated carbocycles. The topological polar surface area (TPSA) is 104 Å². The van der Waals surface area contributed by atoms with Crippen LogP contribution in [0.1, 0.15) is 30.6 Å². The van der Waals surface area contributed by atoms with Crippen LogP contribution < -0.4 is 10.1 Å². The van der Waals surface area contributed by atoms with Crippen LogP contribution in [0.25, 0.3) is 10.9 Å². The average molecular weight is 513 g/mol. The first-order valence-corrected chi connectivity index (χ1v) is 13.6. The van der Waals surface area contributed by atoms with E-state index >= 15 is 0 Å². The maximum Gasteiger partial charge on any atom is 0.318 e. The van der Waals surface area contributed by atoms with Gasteiger partial charge >= 0.3 is 6.03 Å². The van der Waals surface area contributed by atoms with Crippen molar-refractivity contribution in [3.05, 3.63) is 59.8 Å². The Balaban J connectivity index is 1.63. The minimum absolute atomic E-state index is 0.240. The van der Waals surface area contributed by atoms with Crippen molar-refractivity contribution in [2.75, 3.05) is 39.9 Å². The van der Waals surface area contributed by atoms with Gasteiger partial charge in [-0.05, 0) is 36.2 Å². The Kier molecular flexibility index (Phi) is 6.22. The Hall–Kier alpha value is -3.08. The van der Waals surface area contributed by atoms with Gasteiger partial charge in [0.25, 0.3) is 0 Å². The molecule has 2 N–H and O–H groups in total. The second kappa shape index (κ2) is 9.10. The molecule has 9 nitrogen and oxygen atoms in total. The van der Waals surface area contributed by atoms with Crippen LogP contribution in [0.2, 0.25) is 0 Å². The van der Waals surface area contributed by atoms with Crippen LogP contribution >= 0.6 is 0 Å². The van der Waals surface area contributed by atoms with E-state index in [1.165, 1.54) is 4.31 Å². The largest absolute Gasteiger partial charge is 0.497 e. The molecule has 0 radical (unpaired) electrons. The Morgan fingerprint density at radius 2 is 1.89 bits per heavy atom. The lowest BCUT2D eigenvalue weighted by Crippen LogP contribution is -2.68. The maximum atomic E-state index is 13.4. The highest BCUT2D eigenvalue weighted by Gasteiger charge is 2.57. The lowest BCUT2D eigenvalue weighted by molar-refractivity contribution is 0.0494. The number of aromatic nitrogens is 1. The number of hydrogen-bond donors (Lipinski definition) is 2. The first kappa shape index (κ1) is 24.6. The molecule has 3 heterocycles. The van der Waals surface area contributed by atoms with Crippen LogP contribution in [-0.4, -0.2) is 73.2 Å². The quantitative estimate of drug-likeness (QED) is 0.528. The molecule has 3 aromatic rings. The smallest absolute Gasteiger partial charge is 0.318 e. The number of carbonyl (C=O) groups excluding carboxylic acids is 1. The van der Waals surface area contributed by atoms with Crippen molar-refractivity contribution < 1.29 is 23.1 Å². The summed E-state index contributed by atoms with van der Waals surface area (Å²) in [4.78, 5) is 15.2. The summed E-state index contributed by atoms with van der Waals surface area (Å²) in [6.07, 6.45) is 0.788. The molecule has 0 bridgehead atoms. The molecule has 1 atom stereocenters. The van der Waals surface area contributed by atoms with Gasteiger partial charge in [0, 0.05) is 55.8 Å². The van der Waals surface area contributed by atoms with E-state index in [-0.39, 0.29) is 30.6 Å². The summed E-state index contributed by atoms with van der Waals surface area (Å²) >= 11 is 0. The highest BCUT2D eigenvalue weighted by atomic mass is 32.2. The number of carbonyl (C=O) groups is 1. The first-order chi connectivity index (χ1) is 17.3. The first-order valence-electron chi connectivity index (χ1n) is 12.1. The Morgan fingerprint density at radius 3 is 2.53 bits per heavy atom. The van der Waals surface area contributed by atoms with Crippen LogP contribution in [0.15, 0.2) is 53.4 Å². The van der Waals surface area contributed by atoms with Crippen molar-refractivity contribution in [3.8, 4) is 5.75 Å². The van der Waals surface area contributed by atoms with Gasteiger partial charge in [0.15, 0.2) is 0 Å². The number of hydrogen-bond acceptors (Lipinski definition) is 5. The number of fused-ring (bicyclic) bond motifs is 4. The summed E-state index contributed by atoms with van der Waals surface area (Å²) in [5.74, 6) is 0.703. The van der Waals surface area contributed by atoms with Gasteiger partial charge in [0.1, 0.15) is 5.75 Å². The number of urea groups is 1. The lowest BCUT2D eigenvalue weighted by Gasteiger charge is -2.55. The van der Waals surface area contributed by atoms with Crippen LogP contribution in [0, 0.1) is 0 Å². The summed E-state index contributed by atoms with van der Waals surface area (Å²) in [6, 6.07) is 13.4. The number of ether oxygens (including phenoxy) is 1. The average Bonchev–Trinajstić information content (AvgIpc) is 3.17. The Bertz CT molecular complexity index is 1400. The SMILES string of the molecule is CCCNC(=O)N1CC2(CN(S(=O)(=O)c3ccccc3)C2)c2c(n(C)c3cc(OC)ccc23)[C@H]1CO. The van der Waals surface area contributed by atoms with Gasteiger partial charge in [-0.2, -0.15) is 4.31 Å². The van der Waals surface area contributed by atoms with Crippen LogP contribution in [-0.2, 0) is 22.5 Å². The molecule has 1 aromatic heterocycles. The molecule has 2 aliphatic rings. The van der Waals surface area contributed by atoms with E-state index < -0.39 is 21.5 Å². The zero-order valence-corrected chi connectivity index (χ0v) is 21.6. The number of aliphatic hydroxyl groups excluding tert-OH is 1. The molecule has 1 saturated heterocycles. The summed E-state index contributed by atoms with van der Waals surface area (Å²) < 4.78 is 35.6. The predicted molar refractivity (Wildman–Crippen MR) is 137 cm³/mol. The van der Waals surface area contributed by atoms with E-state index in [9.17, 15) is 18.3 Å². The number of nitrogens with one attached hydrogen (secondary N) is 1. The molecule has 2 aromatic carbocycles. The summed E-state index contributed by atoms with van der Waals surface area (Å²) in [5, 5.41) is 14.4. The molecule has 2 aliphatic heterocycles. The number of rotatable bonds is 6. The predicted octanol–water partition coefficient (Wildman–Crippen LogP) is 2.60. The fourth-order valence-electron chi connectivity index (χ4n) is 5.70. The minimum atomic E-state index is -3.67. The van der Waals surface area contributed by atoms with Crippen LogP contribution in [0.5, 0.6) is 5.75 Å². The molecular weight excluding hydrogens is 480 g/mol. The number of amides is 2. The summed E-state index contributed by atoms with van der Waals surface area (Å²) in [5.41, 5.74) is 2.15. The molecule has 2 amide bonds. The molecule has 0 aliphatic carbocycles. The molecule has 10 heteroatoms. The third-order valence-corrected chi connectivity index (χ3v) is 9.25. The Labute approximate surface area is 211 Å². The monoisotopic (exact) mass is 512 g/mol. The van der Waals surface area contributed by atoms with E-state index in [4.69, 9.17) is 4.74 Å². The highest BCUT2D eigenvalue weighted by Crippen LogP contribution is 2.50. The molecule has 0 unspecified atom stereocenters. The maximum absolute atomic E-state index is 13.4. The lowest BCUT2D eigenvalue weighted by atomic mass is 9.70. The van der Waals surface area contributed by atoms with Crippen LogP contribution in [0.4, 0.5) is 4.79 Å². The fourth-order valence-corrected chi connectivity index (χ4v) is 7.34. The normalized spacial score (nSPS) is 19.2. The highest BCUT2D eigenvalue weighted by molar-refractivity contribution is 7.89. The van der Waals surface area contributed by atoms with Crippen molar-refractivity contribution in [3.63, 3.8) is 0 Å². The van der Waals surface area contributed by atoms with Gasteiger partial charge in [-0.25, -0.2) is 13.2 Å². The van der Waals surface area contributed by atoms with Gasteiger partial charge < -0.3 is 24.6 Å². The molecule has 192 valence electrons. The molecule has 5 rings (SSSR count). The molecule has 36 heavy (non-hydrogen) atoms. The third kappa shape index (κ3) is 3.66. The van der Waals surface area contributed by atoms with Crippen molar-refractivity contribution in [2.45, 2.75) is 29.7 Å². The molecular formula is C26H32N4O5S. The third-order valence-electron chi connectivity index (χ3n) is 7.45. The van der Waals surface area contributed by atoms with E-state index in [1.54, 1.807) is 42.3 Å². The molecule has 1 spiro atoms. The second-order valence-electron chi connectivity index (χ2n) is 9.63. The zero-order chi connectivity index (χ0) is 25.7. The van der Waals surface area contributed by atoms with E-state index in [0.717, 1.165) is 28.6 Å². The van der Waals surface area contributed by atoms with Crippen molar-refractivity contribution in [1.82, 2.24) is 19.1 Å². The van der Waals surface area contributed by atoms with Gasteiger partial charge in [0.2, 0.25) is 10.0 Å². The number of methoxy groups -OCH3 is 1. The number of aryl methyl sites for hydroxylation is 1. The van der Waals surface area contributed by atoms with Crippen LogP contribution in [0.3, 0.4) is 0 Å². The number of nitrogens with zero attached hydrogens (tertiary/aromatic N) is 3. The van der Waals surface area contributed by atoms with Gasteiger partial charge in [0.05, 0.1) is 30.2 Å². The van der Waals surface area contributed by atoms with Crippen molar-refractivity contribution in [2.24, 2.45) is 7.05 Å². The van der Waals surface area contributed by atoms with E-state index in [0.29, 0.717) is 18.8 Å². The van der Waals surface area contributed by atoms with Crippen molar-refractivity contribution in [1.29, 1.82) is 0 Å². The van der Waals surface area contributed by atoms with Gasteiger partial charge in [-0.1, -0.05) is 25.1 Å². The van der Waals surface area contributed by atoms with Gasteiger partial charge in [-0.3, -0.25) is 0 Å². The fraction of sp³-hybridized carbons (Fsp3) is 0.423. The molecule has 1 fully saturated rings. The van der Waals surface area contributed by atoms with E-state index in [2.05, 4.69) is 5.32 Å². The second-order valence-corrected chi connectivity index (χ2v) is 11.6. The van der Waals surface area contributed by atoms with Gasteiger partial charge in [-0.15, -0.1) is 0 Å². The number of sulfonamides is 1. The zero-order valence-electron chi connectivity index (χ0n) is 20.8. The standard InChI is InChI=1S/C26H32N4O5S/c1-4-12-27-25(32)30-17-26(15-29(16-26)36(33,34)19-8-6-5-7-9-19)23-20-11-10-18(35-3)13-21(20)28(2)24(23)22(30)14-31/h5-11,13,22,31H,4,12,14-17H2,1-3H3,(H,27,32)/t22-/m1/s1. The Morgan fingerprint density at radius 1 is 1.17 bits per heavy atom. The summed E-state index contributed by atoms with van der Waals surface area (Å²) in [7, 11) is -0.141. The van der Waals surface area contributed by atoms with Crippen molar-refractivity contribution >= 4 is 27.0 Å². The minimum Gasteiger partial charge on any atom is -0.497 e.